The van der Waals surface area contributed by atoms with Gasteiger partial charge in [0.15, 0.2) is 0 Å². The van der Waals surface area contributed by atoms with Gasteiger partial charge in [0.2, 0.25) is 0 Å². The number of para-hydroxylation sites is 1. The van der Waals surface area contributed by atoms with Gasteiger partial charge in [0.05, 0.1) is 5.56 Å². The molecule has 1 aromatic rings. The molecule has 2 aliphatic rings. The zero-order valence-corrected chi connectivity index (χ0v) is 13.0. The molecule has 1 aliphatic heterocycles. The van der Waals surface area contributed by atoms with Crippen LogP contribution in [0.15, 0.2) is 18.2 Å². The van der Waals surface area contributed by atoms with Crippen molar-refractivity contribution in [1.82, 2.24) is 5.32 Å². The first kappa shape index (κ1) is 15.3. The van der Waals surface area contributed by atoms with Gasteiger partial charge in [-0.15, -0.1) is 0 Å². The quantitative estimate of drug-likeness (QED) is 0.791. The van der Waals surface area contributed by atoms with E-state index in [9.17, 15) is 9.90 Å². The molecule has 1 saturated carbocycles. The van der Waals surface area contributed by atoms with Crippen LogP contribution in [0, 0.1) is 11.8 Å². The van der Waals surface area contributed by atoms with Gasteiger partial charge in [0, 0.05) is 37.1 Å². The van der Waals surface area contributed by atoms with Gasteiger partial charge in [0.25, 0.3) is 5.91 Å². The summed E-state index contributed by atoms with van der Waals surface area (Å²) in [5.41, 5.74) is 5.77. The van der Waals surface area contributed by atoms with E-state index in [2.05, 4.69) is 5.32 Å². The Hall–Kier alpha value is -1.59. The molecule has 1 aromatic carbocycles. The molecule has 5 heteroatoms. The third kappa shape index (κ3) is 2.20. The summed E-state index contributed by atoms with van der Waals surface area (Å²) in [7, 11) is 0. The lowest BCUT2D eigenvalue weighted by Crippen LogP contribution is -2.58. The van der Waals surface area contributed by atoms with Crippen LogP contribution in [0.4, 0.5) is 0 Å². The van der Waals surface area contributed by atoms with Crippen LogP contribution in [0.25, 0.3) is 0 Å². The van der Waals surface area contributed by atoms with Crippen molar-refractivity contribution in [2.45, 2.75) is 31.8 Å². The first-order valence-corrected chi connectivity index (χ1v) is 8.08. The van der Waals surface area contributed by atoms with Crippen molar-refractivity contribution in [3.8, 4) is 5.75 Å². The number of fused-ring (bicyclic) bond motifs is 2. The SMILES string of the molecule is CCOC1(c2cccc(C(N)=O)c2O)C2CCCC1CNC2. The molecule has 3 rings (SSSR count). The average Bonchev–Trinajstić information content (AvgIpc) is 2.46. The topological polar surface area (TPSA) is 84.6 Å². The number of nitrogens with two attached hydrogens (primary N) is 1. The van der Waals surface area contributed by atoms with Crippen molar-refractivity contribution < 1.29 is 14.6 Å². The monoisotopic (exact) mass is 304 g/mol. The Labute approximate surface area is 130 Å². The number of amides is 1. The van der Waals surface area contributed by atoms with E-state index in [0.29, 0.717) is 18.4 Å². The number of aromatic hydroxyl groups is 1. The molecule has 22 heavy (non-hydrogen) atoms. The fourth-order valence-corrected chi connectivity index (χ4v) is 4.36. The number of carbonyl (C=O) groups excluding carboxylic acids is 1. The van der Waals surface area contributed by atoms with Crippen molar-refractivity contribution in [3.05, 3.63) is 29.3 Å². The van der Waals surface area contributed by atoms with Crippen LogP contribution in [0.2, 0.25) is 0 Å². The molecule has 2 fully saturated rings. The van der Waals surface area contributed by atoms with Gasteiger partial charge in [-0.2, -0.15) is 0 Å². The van der Waals surface area contributed by atoms with Crippen LogP contribution in [-0.2, 0) is 10.3 Å². The predicted octanol–water partition coefficient (Wildman–Crippen LogP) is 1.74. The van der Waals surface area contributed by atoms with Gasteiger partial charge in [-0.3, -0.25) is 4.79 Å². The number of hydrogen-bond donors (Lipinski definition) is 3. The van der Waals surface area contributed by atoms with Gasteiger partial charge in [-0.25, -0.2) is 0 Å². The molecule has 2 bridgehead atoms. The Bertz CT molecular complexity index is 551. The third-order valence-corrected chi connectivity index (χ3v) is 5.21. The zero-order valence-electron chi connectivity index (χ0n) is 13.0. The maximum atomic E-state index is 11.6. The normalized spacial score (nSPS) is 31.0. The van der Waals surface area contributed by atoms with Crippen LogP contribution in [0.1, 0.15) is 42.1 Å². The minimum Gasteiger partial charge on any atom is -0.507 e. The largest absolute Gasteiger partial charge is 0.507 e. The molecule has 5 nitrogen and oxygen atoms in total. The Kier molecular flexibility index (Phi) is 4.10. The Morgan fingerprint density at radius 2 is 2.09 bits per heavy atom. The van der Waals surface area contributed by atoms with Gasteiger partial charge < -0.3 is 20.9 Å². The molecule has 1 amide bonds. The van der Waals surface area contributed by atoms with E-state index in [0.717, 1.165) is 31.5 Å². The number of piperidine rings is 1. The Morgan fingerprint density at radius 3 is 2.68 bits per heavy atom. The standard InChI is InChI=1S/C17H24N2O3/c1-2-22-17(11-5-3-6-12(17)10-19-9-11)14-8-4-7-13(15(14)20)16(18)21/h4,7-8,11-12,19-20H,2-3,5-6,9-10H2,1H3,(H2,18,21). The van der Waals surface area contributed by atoms with E-state index < -0.39 is 11.5 Å². The lowest BCUT2D eigenvalue weighted by Gasteiger charge is -2.53. The molecule has 1 heterocycles. The predicted molar refractivity (Wildman–Crippen MR) is 83.6 cm³/mol. The molecule has 1 saturated heterocycles. The second-order valence-electron chi connectivity index (χ2n) is 6.28. The summed E-state index contributed by atoms with van der Waals surface area (Å²) in [5, 5.41) is 14.1. The summed E-state index contributed by atoms with van der Waals surface area (Å²) in [5.74, 6) is -0.0182. The maximum Gasteiger partial charge on any atom is 0.252 e. The van der Waals surface area contributed by atoms with Crippen molar-refractivity contribution in [2.24, 2.45) is 17.6 Å². The minimum atomic E-state index is -0.606. The molecule has 2 unspecified atom stereocenters. The number of phenols is 1. The number of ether oxygens (including phenoxy) is 1. The van der Waals surface area contributed by atoms with E-state index in [1.165, 1.54) is 6.42 Å². The number of carbonyl (C=O) groups is 1. The molecular formula is C17H24N2O3. The number of benzene rings is 1. The van der Waals surface area contributed by atoms with Gasteiger partial charge in [-0.1, -0.05) is 18.6 Å². The van der Waals surface area contributed by atoms with Gasteiger partial charge in [0.1, 0.15) is 11.4 Å². The van der Waals surface area contributed by atoms with Crippen molar-refractivity contribution in [2.75, 3.05) is 19.7 Å². The second kappa shape index (κ2) is 5.89. The fraction of sp³-hybridized carbons (Fsp3) is 0.588. The van der Waals surface area contributed by atoms with Crippen LogP contribution in [0.3, 0.4) is 0 Å². The summed E-state index contributed by atoms with van der Waals surface area (Å²) in [4.78, 5) is 11.6. The molecule has 120 valence electrons. The van der Waals surface area contributed by atoms with E-state index in [-0.39, 0.29) is 11.3 Å². The molecule has 4 N–H and O–H groups in total. The van der Waals surface area contributed by atoms with Crippen LogP contribution >= 0.6 is 0 Å². The highest BCUT2D eigenvalue weighted by atomic mass is 16.5. The summed E-state index contributed by atoms with van der Waals surface area (Å²) in [6, 6.07) is 5.24. The molecule has 0 spiro atoms. The van der Waals surface area contributed by atoms with E-state index in [1.807, 2.05) is 13.0 Å². The highest BCUT2D eigenvalue weighted by molar-refractivity contribution is 5.96. The first-order chi connectivity index (χ1) is 10.6. The van der Waals surface area contributed by atoms with Crippen LogP contribution in [-0.4, -0.2) is 30.7 Å². The first-order valence-electron chi connectivity index (χ1n) is 8.08. The summed E-state index contributed by atoms with van der Waals surface area (Å²) >= 11 is 0. The minimum absolute atomic E-state index is 0.0118. The smallest absolute Gasteiger partial charge is 0.252 e. The summed E-state index contributed by atoms with van der Waals surface area (Å²) < 4.78 is 6.29. The zero-order chi connectivity index (χ0) is 15.7. The number of hydrogen-bond acceptors (Lipinski definition) is 4. The lowest BCUT2D eigenvalue weighted by atomic mass is 9.62. The Morgan fingerprint density at radius 1 is 1.41 bits per heavy atom. The molecular weight excluding hydrogens is 280 g/mol. The van der Waals surface area contributed by atoms with E-state index in [1.54, 1.807) is 12.1 Å². The van der Waals surface area contributed by atoms with E-state index in [4.69, 9.17) is 10.5 Å². The second-order valence-corrected chi connectivity index (χ2v) is 6.28. The van der Waals surface area contributed by atoms with Crippen molar-refractivity contribution in [3.63, 3.8) is 0 Å². The maximum absolute atomic E-state index is 11.6. The number of rotatable bonds is 4. The number of primary amides is 1. The van der Waals surface area contributed by atoms with E-state index >= 15 is 0 Å². The molecule has 1 aliphatic carbocycles. The van der Waals surface area contributed by atoms with Crippen molar-refractivity contribution in [1.29, 1.82) is 0 Å². The number of nitrogens with one attached hydrogen (secondary N) is 1. The molecule has 2 atom stereocenters. The molecule has 0 aromatic heterocycles. The Balaban J connectivity index is 2.16. The summed E-state index contributed by atoms with van der Waals surface area (Å²) in [6.07, 6.45) is 3.30. The highest BCUT2D eigenvalue weighted by Crippen LogP contribution is 2.52. The van der Waals surface area contributed by atoms with Gasteiger partial charge in [-0.05, 0) is 25.8 Å². The van der Waals surface area contributed by atoms with Crippen LogP contribution < -0.4 is 11.1 Å². The third-order valence-electron chi connectivity index (χ3n) is 5.21. The lowest BCUT2D eigenvalue weighted by molar-refractivity contribution is -0.162. The summed E-state index contributed by atoms with van der Waals surface area (Å²) in [6.45, 7) is 4.30. The highest BCUT2D eigenvalue weighted by Gasteiger charge is 2.53. The van der Waals surface area contributed by atoms with Crippen molar-refractivity contribution >= 4 is 5.91 Å². The fourth-order valence-electron chi connectivity index (χ4n) is 4.36. The molecule has 0 radical (unpaired) electrons. The van der Waals surface area contributed by atoms with Crippen LogP contribution in [0.5, 0.6) is 5.75 Å². The van der Waals surface area contributed by atoms with Gasteiger partial charge >= 0.3 is 0 Å². The average molecular weight is 304 g/mol.